The van der Waals surface area contributed by atoms with Crippen LogP contribution >= 0.6 is 0 Å². The first-order valence-electron chi connectivity index (χ1n) is 25.6. The summed E-state index contributed by atoms with van der Waals surface area (Å²) in [4.78, 5) is 25.7. The van der Waals surface area contributed by atoms with Gasteiger partial charge in [-0.05, 0) is 70.6 Å². The molecule has 2 aliphatic heterocycles. The molecular weight excluding hydrogens is 853 g/mol. The summed E-state index contributed by atoms with van der Waals surface area (Å²) >= 11 is 0. The Morgan fingerprint density at radius 3 is 1.45 bits per heavy atom. The molecule has 66 heavy (non-hydrogen) atoms. The predicted octanol–water partition coefficient (Wildman–Crippen LogP) is 6.93. The summed E-state index contributed by atoms with van der Waals surface area (Å²) in [5.74, 6) is -0.972. The summed E-state index contributed by atoms with van der Waals surface area (Å²) in [5.41, 5.74) is 0. The molecule has 0 amide bonds. The average molecular weight is 943 g/mol. The fourth-order valence-corrected chi connectivity index (χ4v) is 7.83. The molecule has 2 rings (SSSR count). The molecule has 2 fully saturated rings. The third-order valence-corrected chi connectivity index (χ3v) is 12.1. The normalized spacial score (nSPS) is 26.4. The molecule has 2 heterocycles. The van der Waals surface area contributed by atoms with Crippen LogP contribution in [0.2, 0.25) is 0 Å². The Balaban J connectivity index is 1.84. The average Bonchev–Trinajstić information content (AvgIpc) is 3.31. The van der Waals surface area contributed by atoms with Gasteiger partial charge in [-0.2, -0.15) is 0 Å². The Morgan fingerprint density at radius 1 is 0.485 bits per heavy atom. The Morgan fingerprint density at radius 2 is 0.909 bits per heavy atom. The highest BCUT2D eigenvalue weighted by Gasteiger charge is 2.47. The lowest BCUT2D eigenvalue weighted by Crippen LogP contribution is -2.61. The standard InChI is InChI=1S/C51H90O15/c1-3-5-7-9-11-13-15-17-19-21-23-25-27-29-31-33-42(53)61-36-39(64-43(54)34-32-30-28-26-24-22-20-18-16-14-12-10-8-6-4-2)37-62-50-49(60)47(58)45(56)41(66-50)38-63-51-48(59)46(57)44(55)40(35-52)65-51/h17-20,23,25,39-41,44-52,55-60H,3-16,21-22,24,26-38H2,1-2H3/b19-17+,20-18+,25-23+/t39-,40-,41-,44+,45+,46?,47?,48?,49?,50-,51-/m1/s1. The highest BCUT2D eigenvalue weighted by atomic mass is 16.7. The van der Waals surface area contributed by atoms with Crippen molar-refractivity contribution in [3.05, 3.63) is 36.5 Å². The van der Waals surface area contributed by atoms with Crippen LogP contribution < -0.4 is 0 Å². The molecular formula is C51H90O15. The Labute approximate surface area is 395 Å². The quantitative estimate of drug-likeness (QED) is 0.0188. The molecule has 15 nitrogen and oxygen atoms in total. The Kier molecular flexibility index (Phi) is 35.0. The van der Waals surface area contributed by atoms with Gasteiger partial charge in [0.25, 0.3) is 0 Å². The summed E-state index contributed by atoms with van der Waals surface area (Å²) in [5, 5.41) is 72.0. The largest absolute Gasteiger partial charge is 0.462 e. The van der Waals surface area contributed by atoms with E-state index in [0.717, 1.165) is 64.2 Å². The first kappa shape index (κ1) is 59.8. The molecule has 0 radical (unpaired) electrons. The van der Waals surface area contributed by atoms with E-state index >= 15 is 0 Å². The van der Waals surface area contributed by atoms with Gasteiger partial charge in [-0.25, -0.2) is 0 Å². The second kappa shape index (κ2) is 38.6. The summed E-state index contributed by atoms with van der Waals surface area (Å²) in [6.45, 7) is 2.53. The number of esters is 2. The number of unbranched alkanes of at least 4 members (excludes halogenated alkanes) is 19. The molecule has 2 aliphatic rings. The Bertz CT molecular complexity index is 1290. The number of allylic oxidation sites excluding steroid dienone is 6. The van der Waals surface area contributed by atoms with E-state index in [1.165, 1.54) is 77.0 Å². The number of hydrogen-bond acceptors (Lipinski definition) is 15. The lowest BCUT2D eigenvalue weighted by molar-refractivity contribution is -0.332. The fraction of sp³-hybridized carbons (Fsp3) is 0.843. The van der Waals surface area contributed by atoms with Crippen LogP contribution in [0.4, 0.5) is 0 Å². The van der Waals surface area contributed by atoms with Crippen LogP contribution in [0.1, 0.15) is 181 Å². The Hall–Kier alpha value is -2.28. The highest BCUT2D eigenvalue weighted by Crippen LogP contribution is 2.26. The van der Waals surface area contributed by atoms with Crippen LogP contribution in [0.5, 0.6) is 0 Å². The predicted molar refractivity (Wildman–Crippen MR) is 252 cm³/mol. The summed E-state index contributed by atoms with van der Waals surface area (Å²) in [6, 6.07) is 0. The van der Waals surface area contributed by atoms with E-state index in [-0.39, 0.29) is 19.4 Å². The lowest BCUT2D eigenvalue weighted by Gasteiger charge is -2.42. The highest BCUT2D eigenvalue weighted by molar-refractivity contribution is 5.70. The molecule has 384 valence electrons. The van der Waals surface area contributed by atoms with Gasteiger partial charge in [-0.15, -0.1) is 0 Å². The smallest absolute Gasteiger partial charge is 0.306 e. The van der Waals surface area contributed by atoms with Gasteiger partial charge in [-0.3, -0.25) is 9.59 Å². The van der Waals surface area contributed by atoms with Crippen molar-refractivity contribution in [1.29, 1.82) is 0 Å². The third-order valence-electron chi connectivity index (χ3n) is 12.1. The van der Waals surface area contributed by atoms with Crippen molar-refractivity contribution >= 4 is 11.9 Å². The monoisotopic (exact) mass is 943 g/mol. The molecule has 0 saturated carbocycles. The van der Waals surface area contributed by atoms with Crippen LogP contribution in [0.25, 0.3) is 0 Å². The molecule has 0 spiro atoms. The zero-order valence-electron chi connectivity index (χ0n) is 40.4. The van der Waals surface area contributed by atoms with E-state index in [1.54, 1.807) is 0 Å². The minimum Gasteiger partial charge on any atom is -0.462 e. The second-order valence-electron chi connectivity index (χ2n) is 18.0. The van der Waals surface area contributed by atoms with Crippen molar-refractivity contribution in [2.75, 3.05) is 26.4 Å². The van der Waals surface area contributed by atoms with Gasteiger partial charge < -0.3 is 64.2 Å². The molecule has 7 N–H and O–H groups in total. The van der Waals surface area contributed by atoms with E-state index in [9.17, 15) is 45.3 Å². The molecule has 4 unspecified atom stereocenters. The van der Waals surface area contributed by atoms with E-state index < -0.39 is 99.3 Å². The number of carbonyl (C=O) groups is 2. The van der Waals surface area contributed by atoms with Crippen LogP contribution in [-0.4, -0.2) is 142 Å². The molecule has 0 aliphatic carbocycles. The SMILES string of the molecule is CCCCCCCC/C=C/C/C=C/CCCCC(=O)OC[C@H](CO[C@@H]1O[C@H](CO[C@@H]2O[C@H](CO)[C@H](O)C(O)C2O)[C@H](O)C(O)C1O)OC(=O)CCCCCCC/C=C/CCCCCCCC. The lowest BCUT2D eigenvalue weighted by atomic mass is 9.98. The molecule has 0 aromatic rings. The van der Waals surface area contributed by atoms with Gasteiger partial charge in [0.2, 0.25) is 0 Å². The van der Waals surface area contributed by atoms with Gasteiger partial charge in [0.1, 0.15) is 55.4 Å². The van der Waals surface area contributed by atoms with Crippen molar-refractivity contribution in [1.82, 2.24) is 0 Å². The number of ether oxygens (including phenoxy) is 6. The van der Waals surface area contributed by atoms with Crippen LogP contribution in [0, 0.1) is 0 Å². The van der Waals surface area contributed by atoms with Crippen molar-refractivity contribution in [2.45, 2.75) is 248 Å². The zero-order chi connectivity index (χ0) is 48.2. The van der Waals surface area contributed by atoms with Crippen molar-refractivity contribution < 1.29 is 73.8 Å². The number of hydrogen-bond donors (Lipinski definition) is 7. The summed E-state index contributed by atoms with van der Waals surface area (Å²) < 4.78 is 33.5. The van der Waals surface area contributed by atoms with Gasteiger partial charge >= 0.3 is 11.9 Å². The molecule has 11 atom stereocenters. The maximum atomic E-state index is 13.0. The van der Waals surface area contributed by atoms with Gasteiger partial charge in [-0.1, -0.05) is 134 Å². The first-order chi connectivity index (χ1) is 32.0. The van der Waals surface area contributed by atoms with Crippen LogP contribution in [0.3, 0.4) is 0 Å². The summed E-state index contributed by atoms with van der Waals surface area (Å²) in [6.07, 6.45) is 23.2. The fourth-order valence-electron chi connectivity index (χ4n) is 7.83. The number of aliphatic hydroxyl groups excluding tert-OH is 7. The number of rotatable bonds is 39. The zero-order valence-corrected chi connectivity index (χ0v) is 40.4. The second-order valence-corrected chi connectivity index (χ2v) is 18.0. The first-order valence-corrected chi connectivity index (χ1v) is 25.6. The molecule has 0 aromatic heterocycles. The minimum absolute atomic E-state index is 0.149. The van der Waals surface area contributed by atoms with Crippen molar-refractivity contribution in [3.8, 4) is 0 Å². The van der Waals surface area contributed by atoms with Gasteiger partial charge in [0, 0.05) is 12.8 Å². The number of carbonyl (C=O) groups excluding carboxylic acids is 2. The van der Waals surface area contributed by atoms with Gasteiger partial charge in [0.15, 0.2) is 18.7 Å². The molecule has 2 saturated heterocycles. The van der Waals surface area contributed by atoms with Crippen molar-refractivity contribution in [2.24, 2.45) is 0 Å². The minimum atomic E-state index is -1.77. The van der Waals surface area contributed by atoms with Crippen molar-refractivity contribution in [3.63, 3.8) is 0 Å². The third kappa shape index (κ3) is 26.5. The topological polar surface area (TPSA) is 231 Å². The molecule has 0 aromatic carbocycles. The maximum Gasteiger partial charge on any atom is 0.306 e. The maximum absolute atomic E-state index is 13.0. The van der Waals surface area contributed by atoms with E-state index in [1.807, 2.05) is 0 Å². The molecule has 0 bridgehead atoms. The molecule has 15 heteroatoms. The number of aliphatic hydroxyl groups is 7. The van der Waals surface area contributed by atoms with Crippen LogP contribution in [-0.2, 0) is 38.0 Å². The van der Waals surface area contributed by atoms with Gasteiger partial charge in [0.05, 0.1) is 19.8 Å². The van der Waals surface area contributed by atoms with E-state index in [2.05, 4.69) is 50.3 Å². The summed E-state index contributed by atoms with van der Waals surface area (Å²) in [7, 11) is 0. The van der Waals surface area contributed by atoms with Crippen LogP contribution in [0.15, 0.2) is 36.5 Å². The van der Waals surface area contributed by atoms with E-state index in [4.69, 9.17) is 28.4 Å². The van der Waals surface area contributed by atoms with E-state index in [0.29, 0.717) is 12.8 Å².